The van der Waals surface area contributed by atoms with Gasteiger partial charge in [0.15, 0.2) is 5.69 Å². The predicted molar refractivity (Wildman–Crippen MR) is 96.2 cm³/mol. The molecule has 1 aromatic heterocycles. The van der Waals surface area contributed by atoms with E-state index >= 15 is 0 Å². The number of nitrogens with zero attached hydrogens (tertiary/aromatic N) is 2. The van der Waals surface area contributed by atoms with Gasteiger partial charge in [0.05, 0.1) is 5.25 Å². The largest absolute Gasteiger partial charge is 0.324 e. The lowest BCUT2D eigenvalue weighted by Gasteiger charge is -2.01. The minimum Gasteiger partial charge on any atom is -0.216 e. The molecule has 3 aromatic rings. The fraction of sp³-hybridized carbons (Fsp3) is 0.250. The van der Waals surface area contributed by atoms with Gasteiger partial charge >= 0.3 is 5.16 Å². The summed E-state index contributed by atoms with van der Waals surface area (Å²) in [4.78, 5) is 0. The third-order valence-corrected chi connectivity index (χ3v) is 5.56. The van der Waals surface area contributed by atoms with E-state index in [0.29, 0.717) is 5.25 Å². The van der Waals surface area contributed by atoms with Gasteiger partial charge in [-0.3, -0.25) is 0 Å². The SMILES string of the molecule is Cc1ccc(-c2cn(-c3ccc(C)cc3)c3[n+]2CC(C)S3)cc1. The highest BCUT2D eigenvalue weighted by atomic mass is 32.2. The Kier molecular flexibility index (Phi) is 3.53. The van der Waals surface area contributed by atoms with Gasteiger partial charge in [-0.05, 0) is 44.7 Å². The minimum absolute atomic E-state index is 0.618. The lowest BCUT2D eigenvalue weighted by atomic mass is 10.1. The predicted octanol–water partition coefficient (Wildman–Crippen LogP) is 4.54. The molecule has 116 valence electrons. The third kappa shape index (κ3) is 2.59. The van der Waals surface area contributed by atoms with Crippen molar-refractivity contribution in [3.8, 4) is 16.9 Å². The molecule has 0 N–H and O–H groups in total. The van der Waals surface area contributed by atoms with Gasteiger partial charge in [0, 0.05) is 5.56 Å². The summed E-state index contributed by atoms with van der Waals surface area (Å²) in [5.74, 6) is 0. The molecule has 2 nitrogen and oxygen atoms in total. The van der Waals surface area contributed by atoms with Crippen molar-refractivity contribution in [1.29, 1.82) is 0 Å². The molecule has 1 aliphatic rings. The quantitative estimate of drug-likeness (QED) is 0.629. The zero-order valence-corrected chi connectivity index (χ0v) is 14.6. The number of aromatic nitrogens is 2. The van der Waals surface area contributed by atoms with Gasteiger partial charge in [-0.25, -0.2) is 4.57 Å². The van der Waals surface area contributed by atoms with Crippen LogP contribution in [-0.4, -0.2) is 9.82 Å². The molecule has 0 fully saturated rings. The second-order valence-electron chi connectivity index (χ2n) is 6.41. The molecule has 4 rings (SSSR count). The highest BCUT2D eigenvalue weighted by Crippen LogP contribution is 2.33. The summed E-state index contributed by atoms with van der Waals surface area (Å²) in [6, 6.07) is 17.6. The maximum Gasteiger partial charge on any atom is 0.324 e. The molecule has 1 aliphatic heterocycles. The second kappa shape index (κ2) is 5.57. The molecular weight excluding hydrogens is 300 g/mol. The first kappa shape index (κ1) is 14.6. The summed E-state index contributed by atoms with van der Waals surface area (Å²) in [5, 5.41) is 1.95. The van der Waals surface area contributed by atoms with Gasteiger partial charge in [0.2, 0.25) is 0 Å². The Morgan fingerprint density at radius 1 is 0.957 bits per heavy atom. The van der Waals surface area contributed by atoms with Gasteiger partial charge < -0.3 is 0 Å². The highest BCUT2D eigenvalue weighted by molar-refractivity contribution is 7.99. The van der Waals surface area contributed by atoms with E-state index in [9.17, 15) is 0 Å². The van der Waals surface area contributed by atoms with E-state index in [4.69, 9.17) is 0 Å². The molecule has 2 aromatic carbocycles. The first-order chi connectivity index (χ1) is 11.1. The molecular formula is C20H21N2S+. The summed E-state index contributed by atoms with van der Waals surface area (Å²) in [7, 11) is 0. The molecule has 0 saturated heterocycles. The van der Waals surface area contributed by atoms with Crippen LogP contribution in [-0.2, 0) is 6.54 Å². The maximum absolute atomic E-state index is 2.46. The molecule has 0 amide bonds. The molecule has 1 unspecified atom stereocenters. The highest BCUT2D eigenvalue weighted by Gasteiger charge is 2.34. The smallest absolute Gasteiger partial charge is 0.216 e. The summed E-state index contributed by atoms with van der Waals surface area (Å²) >= 11 is 1.96. The summed E-state index contributed by atoms with van der Waals surface area (Å²) in [6.07, 6.45) is 2.28. The van der Waals surface area contributed by atoms with Crippen molar-refractivity contribution in [3.63, 3.8) is 0 Å². The molecule has 0 bridgehead atoms. The van der Waals surface area contributed by atoms with E-state index in [2.05, 4.69) is 84.6 Å². The Bertz CT molecular complexity index is 775. The number of benzene rings is 2. The van der Waals surface area contributed by atoms with Crippen molar-refractivity contribution in [1.82, 2.24) is 4.57 Å². The number of rotatable bonds is 2. The normalized spacial score (nSPS) is 16.6. The van der Waals surface area contributed by atoms with Gasteiger partial charge in [-0.1, -0.05) is 47.5 Å². The molecule has 0 saturated carbocycles. The topological polar surface area (TPSA) is 8.81 Å². The van der Waals surface area contributed by atoms with Crippen LogP contribution in [0.2, 0.25) is 0 Å². The molecule has 0 radical (unpaired) electrons. The van der Waals surface area contributed by atoms with Crippen LogP contribution in [0, 0.1) is 13.8 Å². The number of hydrogen-bond acceptors (Lipinski definition) is 1. The van der Waals surface area contributed by atoms with Crippen molar-refractivity contribution in [3.05, 3.63) is 65.9 Å². The van der Waals surface area contributed by atoms with Crippen LogP contribution in [0.5, 0.6) is 0 Å². The first-order valence-electron chi connectivity index (χ1n) is 8.08. The standard InChI is InChI=1S/C20H21N2S/c1-14-4-8-17(9-5-14)19-13-21(18-10-6-15(2)7-11-18)20-22(19)12-16(3)23-20/h4-11,13,16H,12H2,1-3H3/q+1. The van der Waals surface area contributed by atoms with E-state index < -0.39 is 0 Å². The number of fused-ring (bicyclic) bond motifs is 1. The summed E-state index contributed by atoms with van der Waals surface area (Å²) in [5.41, 5.74) is 6.43. The van der Waals surface area contributed by atoms with Crippen molar-refractivity contribution < 1.29 is 4.57 Å². The average Bonchev–Trinajstić information content (AvgIpc) is 3.07. The summed E-state index contributed by atoms with van der Waals surface area (Å²) in [6.45, 7) is 7.64. The Balaban J connectivity index is 1.87. The van der Waals surface area contributed by atoms with Crippen LogP contribution in [0.1, 0.15) is 18.1 Å². The number of aryl methyl sites for hydroxylation is 2. The molecule has 23 heavy (non-hydrogen) atoms. The van der Waals surface area contributed by atoms with Gasteiger partial charge in [-0.2, -0.15) is 4.57 Å². The third-order valence-electron chi connectivity index (χ3n) is 4.38. The van der Waals surface area contributed by atoms with Crippen molar-refractivity contribution in [2.45, 2.75) is 37.7 Å². The molecule has 2 heterocycles. The Labute approximate surface area is 141 Å². The Morgan fingerprint density at radius 3 is 2.22 bits per heavy atom. The first-order valence-corrected chi connectivity index (χ1v) is 8.96. The van der Waals surface area contributed by atoms with E-state index in [-0.39, 0.29) is 0 Å². The van der Waals surface area contributed by atoms with Gasteiger partial charge in [0.25, 0.3) is 0 Å². The Hall–Kier alpha value is -2.00. The number of hydrogen-bond donors (Lipinski definition) is 0. The average molecular weight is 321 g/mol. The van der Waals surface area contributed by atoms with Crippen LogP contribution < -0.4 is 4.57 Å². The van der Waals surface area contributed by atoms with E-state index in [0.717, 1.165) is 6.54 Å². The number of imidazole rings is 1. The second-order valence-corrected chi connectivity index (χ2v) is 7.81. The molecule has 0 aliphatic carbocycles. The van der Waals surface area contributed by atoms with Gasteiger partial charge in [0.1, 0.15) is 18.4 Å². The monoisotopic (exact) mass is 321 g/mol. The maximum atomic E-state index is 2.46. The zero-order chi connectivity index (χ0) is 16.0. The van der Waals surface area contributed by atoms with E-state index in [1.54, 1.807) is 0 Å². The molecule has 1 atom stereocenters. The van der Waals surface area contributed by atoms with Crippen LogP contribution in [0.3, 0.4) is 0 Å². The fourth-order valence-electron chi connectivity index (χ4n) is 3.10. The molecule has 3 heteroatoms. The number of thioether (sulfide) groups is 1. The van der Waals surface area contributed by atoms with Crippen LogP contribution in [0.15, 0.2) is 59.9 Å². The van der Waals surface area contributed by atoms with E-state index in [1.807, 2.05) is 11.8 Å². The van der Waals surface area contributed by atoms with Crippen LogP contribution in [0.4, 0.5) is 0 Å². The molecule has 0 spiro atoms. The lowest BCUT2D eigenvalue weighted by molar-refractivity contribution is -0.715. The minimum atomic E-state index is 0.618. The zero-order valence-electron chi connectivity index (χ0n) is 13.8. The van der Waals surface area contributed by atoms with Crippen molar-refractivity contribution in [2.75, 3.05) is 0 Å². The fourth-order valence-corrected chi connectivity index (χ4v) is 4.25. The van der Waals surface area contributed by atoms with Crippen LogP contribution >= 0.6 is 11.8 Å². The lowest BCUT2D eigenvalue weighted by Crippen LogP contribution is -2.35. The van der Waals surface area contributed by atoms with Gasteiger partial charge in [-0.15, -0.1) is 0 Å². The van der Waals surface area contributed by atoms with Crippen molar-refractivity contribution >= 4 is 11.8 Å². The van der Waals surface area contributed by atoms with Crippen LogP contribution in [0.25, 0.3) is 16.9 Å². The van der Waals surface area contributed by atoms with E-state index in [1.165, 1.54) is 33.2 Å². The summed E-state index contributed by atoms with van der Waals surface area (Å²) < 4.78 is 4.79. The van der Waals surface area contributed by atoms with Crippen molar-refractivity contribution in [2.24, 2.45) is 0 Å². The Morgan fingerprint density at radius 2 is 1.57 bits per heavy atom.